The number of piperazine rings is 1. The number of aromatic nitrogens is 1. The molecule has 0 saturated carbocycles. The Hall–Kier alpha value is -3.15. The summed E-state index contributed by atoms with van der Waals surface area (Å²) in [6, 6.07) is 14.0. The van der Waals surface area contributed by atoms with E-state index in [1.165, 1.54) is 34.1 Å². The normalized spacial score (nSPS) is 19.3. The van der Waals surface area contributed by atoms with Crippen molar-refractivity contribution in [3.63, 3.8) is 0 Å². The highest BCUT2D eigenvalue weighted by Crippen LogP contribution is 2.32. The van der Waals surface area contributed by atoms with Crippen molar-refractivity contribution in [1.82, 2.24) is 14.2 Å². The van der Waals surface area contributed by atoms with Crippen LogP contribution in [0.25, 0.3) is 10.9 Å². The fourth-order valence-electron chi connectivity index (χ4n) is 4.96. The lowest BCUT2D eigenvalue weighted by molar-refractivity contribution is 0.0698. The van der Waals surface area contributed by atoms with Gasteiger partial charge in [0, 0.05) is 48.3 Å². The molecule has 1 aliphatic heterocycles. The standard InChI is InChI=1S/C25H26N4O3S/c1-17-6-8-22-20(14-17)21-15-18(7-9-23(21)27-22)25(30)28-10-12-29(13-11-28)33(31,32)24-5-3-2-4-19(24)16-26/h2-5,7,9,15,17,27H,6,8,10-14H2,1H3. The summed E-state index contributed by atoms with van der Waals surface area (Å²) in [6.45, 7) is 3.29. The van der Waals surface area contributed by atoms with Crippen LogP contribution in [0.2, 0.25) is 0 Å². The Balaban J connectivity index is 1.33. The van der Waals surface area contributed by atoms with E-state index in [4.69, 9.17) is 0 Å². The number of aryl methyl sites for hydroxylation is 1. The maximum atomic E-state index is 13.2. The predicted octanol–water partition coefficient (Wildman–Crippen LogP) is 3.31. The summed E-state index contributed by atoms with van der Waals surface area (Å²) in [4.78, 5) is 18.5. The zero-order valence-corrected chi connectivity index (χ0v) is 19.4. The Morgan fingerprint density at radius 1 is 1.12 bits per heavy atom. The minimum Gasteiger partial charge on any atom is -0.358 e. The first-order chi connectivity index (χ1) is 15.9. The van der Waals surface area contributed by atoms with E-state index in [0.29, 0.717) is 24.6 Å². The van der Waals surface area contributed by atoms with Gasteiger partial charge in [0.05, 0.1) is 10.5 Å². The van der Waals surface area contributed by atoms with Crippen molar-refractivity contribution in [2.45, 2.75) is 31.1 Å². The molecular weight excluding hydrogens is 436 g/mol. The van der Waals surface area contributed by atoms with Crippen LogP contribution in [0, 0.1) is 17.2 Å². The van der Waals surface area contributed by atoms with Crippen LogP contribution in [0.4, 0.5) is 0 Å². The van der Waals surface area contributed by atoms with Crippen molar-refractivity contribution < 1.29 is 13.2 Å². The predicted molar refractivity (Wildman–Crippen MR) is 125 cm³/mol. The largest absolute Gasteiger partial charge is 0.358 e. The molecule has 2 aromatic carbocycles. The second-order valence-electron chi connectivity index (χ2n) is 8.99. The van der Waals surface area contributed by atoms with Crippen molar-refractivity contribution in [3.05, 3.63) is 64.8 Å². The molecule has 0 radical (unpaired) electrons. The molecule has 3 aromatic rings. The van der Waals surface area contributed by atoms with Crippen LogP contribution in [0.15, 0.2) is 47.4 Å². The zero-order valence-electron chi connectivity index (χ0n) is 18.5. The van der Waals surface area contributed by atoms with E-state index in [1.54, 1.807) is 17.0 Å². The quantitative estimate of drug-likeness (QED) is 0.646. The van der Waals surface area contributed by atoms with E-state index >= 15 is 0 Å². The van der Waals surface area contributed by atoms with Gasteiger partial charge in [0.1, 0.15) is 6.07 Å². The van der Waals surface area contributed by atoms with Crippen LogP contribution in [-0.2, 0) is 22.9 Å². The highest BCUT2D eigenvalue weighted by atomic mass is 32.2. The molecule has 0 spiro atoms. The topological polar surface area (TPSA) is 97.3 Å². The van der Waals surface area contributed by atoms with Crippen LogP contribution in [0.3, 0.4) is 0 Å². The third kappa shape index (κ3) is 3.81. The molecule has 2 aliphatic rings. The van der Waals surface area contributed by atoms with Gasteiger partial charge in [-0.3, -0.25) is 4.79 Å². The van der Waals surface area contributed by atoms with Gasteiger partial charge in [0.15, 0.2) is 0 Å². The number of nitrogens with one attached hydrogen (secondary N) is 1. The maximum Gasteiger partial charge on any atom is 0.253 e. The molecule has 2 heterocycles. The number of hydrogen-bond donors (Lipinski definition) is 1. The number of carbonyl (C=O) groups is 1. The fraction of sp³-hybridized carbons (Fsp3) is 0.360. The SMILES string of the molecule is CC1CCc2[nH]c3ccc(C(=O)N4CCN(S(=O)(=O)c5ccccc5C#N)CC4)cc3c2C1. The smallest absolute Gasteiger partial charge is 0.253 e. The van der Waals surface area contributed by atoms with Gasteiger partial charge in [-0.15, -0.1) is 0 Å². The third-order valence-electron chi connectivity index (χ3n) is 6.83. The lowest BCUT2D eigenvalue weighted by atomic mass is 9.87. The fourth-order valence-corrected chi connectivity index (χ4v) is 6.53. The van der Waals surface area contributed by atoms with Crippen molar-refractivity contribution in [3.8, 4) is 6.07 Å². The number of benzene rings is 2. The van der Waals surface area contributed by atoms with Crippen LogP contribution >= 0.6 is 0 Å². The first-order valence-corrected chi connectivity index (χ1v) is 12.7. The highest BCUT2D eigenvalue weighted by molar-refractivity contribution is 7.89. The Morgan fingerprint density at radius 3 is 2.64 bits per heavy atom. The molecule has 1 N–H and O–H groups in total. The number of H-pyrrole nitrogens is 1. The molecule has 1 aromatic heterocycles. The molecule has 8 heteroatoms. The monoisotopic (exact) mass is 462 g/mol. The van der Waals surface area contributed by atoms with Gasteiger partial charge in [-0.2, -0.15) is 9.57 Å². The van der Waals surface area contributed by atoms with E-state index < -0.39 is 10.0 Å². The second-order valence-corrected chi connectivity index (χ2v) is 10.9. The number of nitrogens with zero attached hydrogens (tertiary/aromatic N) is 3. The minimum atomic E-state index is -3.79. The molecule has 170 valence electrons. The third-order valence-corrected chi connectivity index (χ3v) is 8.79. The molecule has 0 bridgehead atoms. The Morgan fingerprint density at radius 2 is 1.88 bits per heavy atom. The number of fused-ring (bicyclic) bond motifs is 3. The van der Waals surface area contributed by atoms with E-state index in [9.17, 15) is 18.5 Å². The molecule has 1 saturated heterocycles. The van der Waals surface area contributed by atoms with Gasteiger partial charge in [0.25, 0.3) is 5.91 Å². The number of amides is 1. The maximum absolute atomic E-state index is 13.2. The second kappa shape index (κ2) is 8.32. The first kappa shape index (κ1) is 21.7. The molecular formula is C25H26N4O3S. The summed E-state index contributed by atoms with van der Waals surface area (Å²) in [5.74, 6) is 0.558. The summed E-state index contributed by atoms with van der Waals surface area (Å²) in [5.41, 5.74) is 4.44. The van der Waals surface area contributed by atoms with E-state index in [2.05, 4.69) is 11.9 Å². The number of sulfonamides is 1. The lowest BCUT2D eigenvalue weighted by Gasteiger charge is -2.34. The Kier molecular flexibility index (Phi) is 5.47. The number of hydrogen-bond acceptors (Lipinski definition) is 4. The average molecular weight is 463 g/mol. The van der Waals surface area contributed by atoms with Crippen molar-refractivity contribution in [2.75, 3.05) is 26.2 Å². The van der Waals surface area contributed by atoms with Crippen LogP contribution in [0.1, 0.15) is 40.5 Å². The van der Waals surface area contributed by atoms with Crippen LogP contribution < -0.4 is 0 Å². The van der Waals surface area contributed by atoms with Crippen molar-refractivity contribution in [1.29, 1.82) is 5.26 Å². The van der Waals surface area contributed by atoms with Gasteiger partial charge in [-0.05, 0) is 61.1 Å². The Labute approximate surface area is 193 Å². The number of aromatic amines is 1. The van der Waals surface area contributed by atoms with Crippen molar-refractivity contribution >= 4 is 26.8 Å². The molecule has 1 unspecified atom stereocenters. The molecule has 5 rings (SSSR count). The minimum absolute atomic E-state index is 0.0178. The molecule has 1 atom stereocenters. The summed E-state index contributed by atoms with van der Waals surface area (Å²) in [6.07, 6.45) is 3.24. The first-order valence-electron chi connectivity index (χ1n) is 11.3. The molecule has 1 aliphatic carbocycles. The molecule has 1 amide bonds. The van der Waals surface area contributed by atoms with Gasteiger partial charge < -0.3 is 9.88 Å². The van der Waals surface area contributed by atoms with E-state index in [0.717, 1.165) is 23.7 Å². The average Bonchev–Trinajstić information content (AvgIpc) is 3.20. The highest BCUT2D eigenvalue weighted by Gasteiger charge is 2.32. The number of nitriles is 1. The van der Waals surface area contributed by atoms with Gasteiger partial charge in [-0.25, -0.2) is 8.42 Å². The summed E-state index contributed by atoms with van der Waals surface area (Å²) in [5, 5.41) is 10.4. The molecule has 1 fully saturated rings. The van der Waals surface area contributed by atoms with Crippen LogP contribution in [0.5, 0.6) is 0 Å². The number of rotatable bonds is 3. The lowest BCUT2D eigenvalue weighted by Crippen LogP contribution is -2.50. The summed E-state index contributed by atoms with van der Waals surface area (Å²) >= 11 is 0. The molecule has 33 heavy (non-hydrogen) atoms. The number of carbonyl (C=O) groups excluding carboxylic acids is 1. The van der Waals surface area contributed by atoms with Gasteiger partial charge in [0.2, 0.25) is 10.0 Å². The summed E-state index contributed by atoms with van der Waals surface area (Å²) in [7, 11) is -3.79. The van der Waals surface area contributed by atoms with Crippen LogP contribution in [-0.4, -0.2) is 54.7 Å². The van der Waals surface area contributed by atoms with E-state index in [-0.39, 0.29) is 29.5 Å². The Bertz CT molecular complexity index is 1380. The van der Waals surface area contributed by atoms with Gasteiger partial charge in [-0.1, -0.05) is 19.1 Å². The van der Waals surface area contributed by atoms with Gasteiger partial charge >= 0.3 is 0 Å². The van der Waals surface area contributed by atoms with E-state index in [1.807, 2.05) is 24.3 Å². The summed E-state index contributed by atoms with van der Waals surface area (Å²) < 4.78 is 27.5. The molecule has 7 nitrogen and oxygen atoms in total. The van der Waals surface area contributed by atoms with Crippen molar-refractivity contribution in [2.24, 2.45) is 5.92 Å². The zero-order chi connectivity index (χ0) is 23.2.